The average Bonchev–Trinajstić information content (AvgIpc) is 2.78. The molecule has 1 heterocycles. The Kier molecular flexibility index (Phi) is 3.84. The highest BCUT2D eigenvalue weighted by Gasteiger charge is 2.11. The molecule has 1 atom stereocenters. The smallest absolute Gasteiger partial charge is 0.134 e. The van der Waals surface area contributed by atoms with Crippen LogP contribution < -0.4 is 5.73 Å². The van der Waals surface area contributed by atoms with E-state index in [1.54, 1.807) is 0 Å². The minimum atomic E-state index is -0.0697. The number of nitrogens with zero attached hydrogens (tertiary/aromatic N) is 1. The summed E-state index contributed by atoms with van der Waals surface area (Å²) in [5.74, 6) is 1.71. The van der Waals surface area contributed by atoms with Gasteiger partial charge in [-0.2, -0.15) is 0 Å². The number of nitrogens with two attached hydrogens (primary N) is 1. The third kappa shape index (κ3) is 2.81. The predicted octanol–water partition coefficient (Wildman–Crippen LogP) is 3.03. The van der Waals surface area contributed by atoms with Gasteiger partial charge in [-0.3, -0.25) is 0 Å². The van der Waals surface area contributed by atoms with E-state index in [0.29, 0.717) is 0 Å². The van der Waals surface area contributed by atoms with Crippen molar-refractivity contribution in [3.05, 3.63) is 47.7 Å². The highest BCUT2D eigenvalue weighted by atomic mass is 16.3. The summed E-state index contributed by atoms with van der Waals surface area (Å²) in [5, 5.41) is 0. The van der Waals surface area contributed by atoms with Gasteiger partial charge < -0.3 is 15.1 Å². The van der Waals surface area contributed by atoms with Gasteiger partial charge in [-0.25, -0.2) is 0 Å². The summed E-state index contributed by atoms with van der Waals surface area (Å²) in [7, 11) is 4.12. The van der Waals surface area contributed by atoms with Crippen LogP contribution in [0.5, 0.6) is 0 Å². The maximum absolute atomic E-state index is 5.82. The van der Waals surface area contributed by atoms with Crippen LogP contribution in [0.25, 0.3) is 11.3 Å². The van der Waals surface area contributed by atoms with Crippen molar-refractivity contribution in [3.63, 3.8) is 0 Å². The zero-order valence-electron chi connectivity index (χ0n) is 11.2. The number of benzene rings is 1. The molecule has 3 nitrogen and oxygen atoms in total. The summed E-state index contributed by atoms with van der Waals surface area (Å²) in [4.78, 5) is 2.15. The predicted molar refractivity (Wildman–Crippen MR) is 74.1 cm³/mol. The van der Waals surface area contributed by atoms with Crippen LogP contribution in [0.15, 0.2) is 40.8 Å². The molecule has 0 saturated heterocycles. The molecule has 0 aliphatic carbocycles. The summed E-state index contributed by atoms with van der Waals surface area (Å²) in [6, 6.07) is 12.2. The first-order valence-electron chi connectivity index (χ1n) is 6.16. The molecule has 1 aromatic carbocycles. The number of hydrogen-bond acceptors (Lipinski definition) is 3. The van der Waals surface area contributed by atoms with Crippen LogP contribution in [0.2, 0.25) is 0 Å². The SMILES string of the molecule is CC(N)c1ccc(-c2ccccc2CN(C)C)o1. The van der Waals surface area contributed by atoms with Crippen molar-refractivity contribution in [2.75, 3.05) is 14.1 Å². The second-order valence-electron chi connectivity index (χ2n) is 4.89. The first-order valence-corrected chi connectivity index (χ1v) is 6.16. The fourth-order valence-electron chi connectivity index (χ4n) is 1.98. The molecule has 1 aromatic heterocycles. The Balaban J connectivity index is 2.36. The Hall–Kier alpha value is -1.58. The van der Waals surface area contributed by atoms with E-state index in [0.717, 1.165) is 23.6 Å². The van der Waals surface area contributed by atoms with Gasteiger partial charge in [0.2, 0.25) is 0 Å². The van der Waals surface area contributed by atoms with Crippen LogP contribution in [0.4, 0.5) is 0 Å². The molecular formula is C15H20N2O. The van der Waals surface area contributed by atoms with Gasteiger partial charge in [0.1, 0.15) is 11.5 Å². The molecule has 1 unspecified atom stereocenters. The van der Waals surface area contributed by atoms with E-state index < -0.39 is 0 Å². The Morgan fingerprint density at radius 3 is 2.50 bits per heavy atom. The van der Waals surface area contributed by atoms with E-state index in [2.05, 4.69) is 37.2 Å². The van der Waals surface area contributed by atoms with Crippen molar-refractivity contribution < 1.29 is 4.42 Å². The molecule has 2 N–H and O–H groups in total. The maximum Gasteiger partial charge on any atom is 0.134 e. The lowest BCUT2D eigenvalue weighted by molar-refractivity contribution is 0.402. The van der Waals surface area contributed by atoms with Gasteiger partial charge in [0.05, 0.1) is 6.04 Å². The van der Waals surface area contributed by atoms with Crippen LogP contribution >= 0.6 is 0 Å². The summed E-state index contributed by atoms with van der Waals surface area (Å²) in [5.41, 5.74) is 8.22. The molecule has 0 aliphatic rings. The molecule has 0 saturated carbocycles. The highest BCUT2D eigenvalue weighted by Crippen LogP contribution is 2.28. The highest BCUT2D eigenvalue weighted by molar-refractivity contribution is 5.62. The van der Waals surface area contributed by atoms with Gasteiger partial charge in [-0.15, -0.1) is 0 Å². The molecule has 3 heteroatoms. The molecule has 2 rings (SSSR count). The third-order valence-corrected chi connectivity index (χ3v) is 2.84. The lowest BCUT2D eigenvalue weighted by Crippen LogP contribution is -2.11. The van der Waals surface area contributed by atoms with Crippen LogP contribution in [-0.2, 0) is 6.54 Å². The molecule has 2 aromatic rings. The van der Waals surface area contributed by atoms with E-state index in [1.807, 2.05) is 25.1 Å². The van der Waals surface area contributed by atoms with Crippen LogP contribution in [0.3, 0.4) is 0 Å². The van der Waals surface area contributed by atoms with Gasteiger partial charge in [0.25, 0.3) is 0 Å². The second-order valence-corrected chi connectivity index (χ2v) is 4.89. The average molecular weight is 244 g/mol. The van der Waals surface area contributed by atoms with Gasteiger partial charge in [-0.05, 0) is 38.7 Å². The van der Waals surface area contributed by atoms with E-state index in [1.165, 1.54) is 5.56 Å². The molecule has 0 aliphatic heterocycles. The van der Waals surface area contributed by atoms with E-state index >= 15 is 0 Å². The van der Waals surface area contributed by atoms with Gasteiger partial charge in [0.15, 0.2) is 0 Å². The van der Waals surface area contributed by atoms with E-state index in [9.17, 15) is 0 Å². The topological polar surface area (TPSA) is 42.4 Å². The van der Waals surface area contributed by atoms with Crippen molar-refractivity contribution in [1.29, 1.82) is 0 Å². The normalized spacial score (nSPS) is 12.9. The molecule has 0 amide bonds. The van der Waals surface area contributed by atoms with Gasteiger partial charge in [-0.1, -0.05) is 24.3 Å². The Bertz CT molecular complexity index is 515. The van der Waals surface area contributed by atoms with E-state index in [4.69, 9.17) is 10.2 Å². The molecule has 0 fully saturated rings. The third-order valence-electron chi connectivity index (χ3n) is 2.84. The zero-order valence-corrected chi connectivity index (χ0v) is 11.2. The molecule has 96 valence electrons. The minimum absolute atomic E-state index is 0.0697. The van der Waals surface area contributed by atoms with Crippen LogP contribution in [0, 0.1) is 0 Å². The first kappa shape index (κ1) is 12.9. The molecule has 0 bridgehead atoms. The van der Waals surface area contributed by atoms with Crippen LogP contribution in [0.1, 0.15) is 24.3 Å². The van der Waals surface area contributed by atoms with Crippen molar-refractivity contribution in [2.45, 2.75) is 19.5 Å². The second kappa shape index (κ2) is 5.38. The van der Waals surface area contributed by atoms with Gasteiger partial charge >= 0.3 is 0 Å². The van der Waals surface area contributed by atoms with Crippen molar-refractivity contribution in [1.82, 2.24) is 4.90 Å². The maximum atomic E-state index is 5.82. The van der Waals surface area contributed by atoms with E-state index in [-0.39, 0.29) is 6.04 Å². The zero-order chi connectivity index (χ0) is 13.1. The largest absolute Gasteiger partial charge is 0.459 e. The summed E-state index contributed by atoms with van der Waals surface area (Å²) < 4.78 is 5.81. The molecule has 0 spiro atoms. The lowest BCUT2D eigenvalue weighted by Gasteiger charge is -2.12. The fraction of sp³-hybridized carbons (Fsp3) is 0.333. The quantitative estimate of drug-likeness (QED) is 0.899. The number of rotatable bonds is 4. The fourth-order valence-corrected chi connectivity index (χ4v) is 1.98. The van der Waals surface area contributed by atoms with Crippen LogP contribution in [-0.4, -0.2) is 19.0 Å². The first-order chi connectivity index (χ1) is 8.58. The van der Waals surface area contributed by atoms with Crippen molar-refractivity contribution in [3.8, 4) is 11.3 Å². The van der Waals surface area contributed by atoms with Crippen molar-refractivity contribution >= 4 is 0 Å². The molecular weight excluding hydrogens is 224 g/mol. The van der Waals surface area contributed by atoms with Crippen molar-refractivity contribution in [2.24, 2.45) is 5.73 Å². The minimum Gasteiger partial charge on any atom is -0.459 e. The number of hydrogen-bond donors (Lipinski definition) is 1. The summed E-state index contributed by atoms with van der Waals surface area (Å²) in [6.45, 7) is 2.82. The lowest BCUT2D eigenvalue weighted by atomic mass is 10.1. The monoisotopic (exact) mass is 244 g/mol. The summed E-state index contributed by atoms with van der Waals surface area (Å²) >= 11 is 0. The standard InChI is InChI=1S/C15H20N2O/c1-11(16)14-8-9-15(18-14)13-7-5-4-6-12(13)10-17(2)3/h4-9,11H,10,16H2,1-3H3. The summed E-state index contributed by atoms with van der Waals surface area (Å²) in [6.07, 6.45) is 0. The Morgan fingerprint density at radius 1 is 1.17 bits per heavy atom. The van der Waals surface area contributed by atoms with Gasteiger partial charge in [0, 0.05) is 12.1 Å². The molecule has 0 radical (unpaired) electrons. The number of furan rings is 1. The Morgan fingerprint density at radius 2 is 1.89 bits per heavy atom. The molecule has 18 heavy (non-hydrogen) atoms. The Labute approximate surface area is 108 Å².